The monoisotopic (exact) mass is 298 g/mol. The van der Waals surface area contributed by atoms with E-state index >= 15 is 0 Å². The molecule has 2 aromatic carbocycles. The summed E-state index contributed by atoms with van der Waals surface area (Å²) in [4.78, 5) is 2.12. The van der Waals surface area contributed by atoms with Crippen LogP contribution in [0, 0.1) is 0 Å². The van der Waals surface area contributed by atoms with Gasteiger partial charge in [-0.1, -0.05) is 51.1 Å². The average molecular weight is 298 g/mol. The van der Waals surface area contributed by atoms with E-state index in [0.717, 1.165) is 23.7 Å². The fourth-order valence-corrected chi connectivity index (χ4v) is 2.46. The minimum Gasteiger partial charge on any atom is -0.491 e. The Bertz CT molecular complexity index is 617. The summed E-state index contributed by atoms with van der Waals surface area (Å²) in [6.07, 6.45) is 0. The van der Waals surface area contributed by atoms with Crippen molar-refractivity contribution in [2.45, 2.75) is 26.2 Å². The summed E-state index contributed by atoms with van der Waals surface area (Å²) in [6, 6.07) is 16.1. The molecule has 0 radical (unpaired) electrons. The molecule has 2 aromatic rings. The highest BCUT2D eigenvalue weighted by atomic mass is 16.5. The smallest absolute Gasteiger partial charge is 0.123 e. The maximum absolute atomic E-state index is 6.01. The van der Waals surface area contributed by atoms with E-state index in [0.29, 0.717) is 6.61 Å². The van der Waals surface area contributed by atoms with Crippen LogP contribution in [0.3, 0.4) is 0 Å². The number of anilines is 2. The second-order valence-electron chi connectivity index (χ2n) is 6.57. The van der Waals surface area contributed by atoms with Gasteiger partial charge in [0.05, 0.1) is 17.9 Å². The first-order chi connectivity index (χ1) is 10.4. The maximum atomic E-state index is 6.01. The van der Waals surface area contributed by atoms with Crippen molar-refractivity contribution in [3.63, 3.8) is 0 Å². The molecule has 0 spiro atoms. The van der Waals surface area contributed by atoms with E-state index in [9.17, 15) is 0 Å². The van der Waals surface area contributed by atoms with Gasteiger partial charge in [0.2, 0.25) is 0 Å². The maximum Gasteiger partial charge on any atom is 0.123 e. The molecule has 0 aliphatic rings. The number of hydrogen-bond acceptors (Lipinski definition) is 3. The van der Waals surface area contributed by atoms with Crippen molar-refractivity contribution in [3.05, 3.63) is 54.1 Å². The number of nitrogen functional groups attached to an aromatic ring is 1. The van der Waals surface area contributed by atoms with Gasteiger partial charge in [-0.15, -0.1) is 0 Å². The minimum absolute atomic E-state index is 0.0757. The summed E-state index contributed by atoms with van der Waals surface area (Å²) < 4.78 is 6.01. The summed E-state index contributed by atoms with van der Waals surface area (Å²) >= 11 is 0. The van der Waals surface area contributed by atoms with Crippen LogP contribution in [0.2, 0.25) is 0 Å². The molecule has 2 rings (SSSR count). The molecule has 0 unspecified atom stereocenters. The number of rotatable bonds is 5. The Morgan fingerprint density at radius 1 is 1.00 bits per heavy atom. The van der Waals surface area contributed by atoms with Crippen molar-refractivity contribution in [1.29, 1.82) is 0 Å². The molecule has 0 aliphatic carbocycles. The molecular weight excluding hydrogens is 272 g/mol. The van der Waals surface area contributed by atoms with E-state index in [-0.39, 0.29) is 5.41 Å². The lowest BCUT2D eigenvalue weighted by molar-refractivity contribution is 0.317. The fourth-order valence-electron chi connectivity index (χ4n) is 2.46. The molecular formula is C19H26N2O. The van der Waals surface area contributed by atoms with Crippen LogP contribution in [0.5, 0.6) is 5.75 Å². The van der Waals surface area contributed by atoms with Gasteiger partial charge in [-0.2, -0.15) is 0 Å². The number of nitrogens with two attached hydrogens (primary N) is 1. The Morgan fingerprint density at radius 3 is 2.32 bits per heavy atom. The van der Waals surface area contributed by atoms with Crippen LogP contribution < -0.4 is 15.4 Å². The fraction of sp³-hybridized carbons (Fsp3) is 0.368. The highest BCUT2D eigenvalue weighted by Crippen LogP contribution is 2.31. The van der Waals surface area contributed by atoms with Crippen molar-refractivity contribution in [1.82, 2.24) is 0 Å². The predicted molar refractivity (Wildman–Crippen MR) is 94.8 cm³/mol. The molecule has 0 atom stereocenters. The standard InChI is InChI=1S/C19H26N2O/c1-19(2,3)15-9-5-8-12-18(15)22-14-13-21(4)17-11-7-6-10-16(17)20/h5-12H,13-14,20H2,1-4H3. The number of nitrogens with zero attached hydrogens (tertiary/aromatic N) is 1. The summed E-state index contributed by atoms with van der Waals surface area (Å²) in [5.41, 5.74) is 9.14. The Morgan fingerprint density at radius 2 is 1.64 bits per heavy atom. The number of ether oxygens (including phenoxy) is 1. The zero-order chi connectivity index (χ0) is 16.2. The SMILES string of the molecule is CN(CCOc1ccccc1C(C)(C)C)c1ccccc1N. The van der Waals surface area contributed by atoms with Gasteiger partial charge in [-0.25, -0.2) is 0 Å². The third-order valence-electron chi connectivity index (χ3n) is 3.73. The van der Waals surface area contributed by atoms with Gasteiger partial charge in [-0.05, 0) is 29.2 Å². The molecule has 3 heteroatoms. The predicted octanol–water partition coefficient (Wildman–Crippen LogP) is 4.08. The van der Waals surface area contributed by atoms with Crippen LogP contribution in [-0.4, -0.2) is 20.2 Å². The van der Waals surface area contributed by atoms with E-state index in [2.05, 4.69) is 37.8 Å². The van der Waals surface area contributed by atoms with E-state index in [1.54, 1.807) is 0 Å². The number of likely N-dealkylation sites (N-methyl/N-ethyl adjacent to an activating group) is 1. The number of para-hydroxylation sites is 3. The van der Waals surface area contributed by atoms with Crippen molar-refractivity contribution < 1.29 is 4.74 Å². The van der Waals surface area contributed by atoms with Crippen molar-refractivity contribution >= 4 is 11.4 Å². The van der Waals surface area contributed by atoms with E-state index in [4.69, 9.17) is 10.5 Å². The minimum atomic E-state index is 0.0757. The van der Waals surface area contributed by atoms with Gasteiger partial charge in [0, 0.05) is 7.05 Å². The highest BCUT2D eigenvalue weighted by Gasteiger charge is 2.18. The highest BCUT2D eigenvalue weighted by molar-refractivity contribution is 5.66. The second-order valence-corrected chi connectivity index (χ2v) is 6.57. The number of benzene rings is 2. The molecule has 22 heavy (non-hydrogen) atoms. The molecule has 0 fully saturated rings. The third-order valence-corrected chi connectivity index (χ3v) is 3.73. The second kappa shape index (κ2) is 6.73. The number of hydrogen-bond donors (Lipinski definition) is 1. The van der Waals surface area contributed by atoms with Gasteiger partial charge in [0.15, 0.2) is 0 Å². The Kier molecular flexibility index (Phi) is 4.96. The molecule has 0 bridgehead atoms. The van der Waals surface area contributed by atoms with E-state index in [1.165, 1.54) is 5.56 Å². The van der Waals surface area contributed by atoms with Crippen LogP contribution in [0.25, 0.3) is 0 Å². The van der Waals surface area contributed by atoms with E-state index in [1.807, 2.05) is 43.4 Å². The van der Waals surface area contributed by atoms with Crippen LogP contribution in [0.15, 0.2) is 48.5 Å². The zero-order valence-electron chi connectivity index (χ0n) is 14.0. The molecule has 0 aromatic heterocycles. The quantitative estimate of drug-likeness (QED) is 0.845. The Labute approximate surface area is 133 Å². The summed E-state index contributed by atoms with van der Waals surface area (Å²) in [5.74, 6) is 0.962. The molecule has 0 aliphatic heterocycles. The Hall–Kier alpha value is -2.16. The molecule has 2 N–H and O–H groups in total. The van der Waals surface area contributed by atoms with Crippen molar-refractivity contribution in [2.24, 2.45) is 0 Å². The normalized spacial score (nSPS) is 11.3. The van der Waals surface area contributed by atoms with Gasteiger partial charge in [0.25, 0.3) is 0 Å². The van der Waals surface area contributed by atoms with Crippen molar-refractivity contribution in [3.8, 4) is 5.75 Å². The first kappa shape index (κ1) is 16.2. The molecule has 0 saturated carbocycles. The Balaban J connectivity index is 1.99. The average Bonchev–Trinajstić information content (AvgIpc) is 2.47. The van der Waals surface area contributed by atoms with Crippen molar-refractivity contribution in [2.75, 3.05) is 30.8 Å². The van der Waals surface area contributed by atoms with E-state index < -0.39 is 0 Å². The van der Waals surface area contributed by atoms with Gasteiger partial charge < -0.3 is 15.4 Å². The van der Waals surface area contributed by atoms with Crippen LogP contribution in [0.1, 0.15) is 26.3 Å². The topological polar surface area (TPSA) is 38.5 Å². The molecule has 118 valence electrons. The summed E-state index contributed by atoms with van der Waals surface area (Å²) in [5, 5.41) is 0. The first-order valence-electron chi connectivity index (χ1n) is 7.67. The van der Waals surface area contributed by atoms with Crippen LogP contribution in [-0.2, 0) is 5.41 Å². The third kappa shape index (κ3) is 3.94. The summed E-state index contributed by atoms with van der Waals surface area (Å²) in [6.45, 7) is 8.01. The van der Waals surface area contributed by atoms with Crippen LogP contribution in [0.4, 0.5) is 11.4 Å². The largest absolute Gasteiger partial charge is 0.491 e. The lowest BCUT2D eigenvalue weighted by Crippen LogP contribution is -2.25. The van der Waals surface area contributed by atoms with Gasteiger partial charge >= 0.3 is 0 Å². The molecule has 0 saturated heterocycles. The molecule has 0 heterocycles. The molecule has 0 amide bonds. The lowest BCUT2D eigenvalue weighted by atomic mass is 9.86. The lowest BCUT2D eigenvalue weighted by Gasteiger charge is -2.24. The first-order valence-corrected chi connectivity index (χ1v) is 7.67. The van der Waals surface area contributed by atoms with Gasteiger partial charge in [-0.3, -0.25) is 0 Å². The van der Waals surface area contributed by atoms with Crippen LogP contribution >= 0.6 is 0 Å². The molecule has 3 nitrogen and oxygen atoms in total. The summed E-state index contributed by atoms with van der Waals surface area (Å²) in [7, 11) is 2.03. The van der Waals surface area contributed by atoms with Gasteiger partial charge in [0.1, 0.15) is 12.4 Å². The zero-order valence-corrected chi connectivity index (χ0v) is 14.0.